The Morgan fingerprint density at radius 3 is 2.46 bits per heavy atom. The van der Waals surface area contributed by atoms with Crippen LogP contribution in [0.5, 0.6) is 0 Å². The van der Waals surface area contributed by atoms with Gasteiger partial charge in [0.25, 0.3) is 5.91 Å². The number of nitrogens with one attached hydrogen (secondary N) is 1. The molecule has 1 aromatic carbocycles. The van der Waals surface area contributed by atoms with Gasteiger partial charge in [-0.1, -0.05) is 43.7 Å². The van der Waals surface area contributed by atoms with E-state index in [0.29, 0.717) is 25.2 Å². The number of hydrogen-bond acceptors (Lipinski definition) is 3. The molecule has 1 heterocycles. The first kappa shape index (κ1) is 19.9. The van der Waals surface area contributed by atoms with E-state index >= 15 is 0 Å². The van der Waals surface area contributed by atoms with Crippen molar-refractivity contribution in [3.63, 3.8) is 0 Å². The Hall–Kier alpha value is -2.12. The summed E-state index contributed by atoms with van der Waals surface area (Å²) in [6.07, 6.45) is 1.82. The first-order chi connectivity index (χ1) is 11.1. The summed E-state index contributed by atoms with van der Waals surface area (Å²) in [6.45, 7) is 3.39. The molecule has 24 heavy (non-hydrogen) atoms. The number of nitrogens with zero attached hydrogens (tertiary/aromatic N) is 2. The Morgan fingerprint density at radius 2 is 1.88 bits per heavy atom. The number of unbranched alkanes of at least 4 members (excludes halogenated alkanes) is 1. The van der Waals surface area contributed by atoms with Crippen molar-refractivity contribution in [3.05, 3.63) is 35.9 Å². The summed E-state index contributed by atoms with van der Waals surface area (Å²) in [5, 5.41) is 0. The molecule has 132 valence electrons. The number of rotatable bonds is 6. The molecule has 0 radical (unpaired) electrons. The predicted octanol–water partition coefficient (Wildman–Crippen LogP) is -3.52. The standard InChI is InChI=1S/C16H22N4O3.ClH/c1-2-3-9-19-10-11-20(16(23)15(19)22)13(14(21)18-17)12-7-5-4-6-8-12;/h4-8,13H,2-3,9-11,17H2,1H3,(H,18,21);1H. The van der Waals surface area contributed by atoms with Gasteiger partial charge in [0.1, 0.15) is 6.04 Å². The maximum atomic E-state index is 12.5. The topological polar surface area (TPSA) is 97.4 Å². The first-order valence-corrected chi connectivity index (χ1v) is 7.82. The number of hydrogen-bond donors (Lipinski definition) is 2. The van der Waals surface area contributed by atoms with E-state index in [-0.39, 0.29) is 12.4 Å². The third kappa shape index (κ3) is 4.24. The van der Waals surface area contributed by atoms with Crippen LogP contribution in [0.2, 0.25) is 0 Å². The summed E-state index contributed by atoms with van der Waals surface area (Å²) in [5.74, 6) is 1.82. The Labute approximate surface area is 147 Å². The quantitative estimate of drug-likeness (QED) is 0.409. The molecule has 4 N–H and O–H groups in total. The van der Waals surface area contributed by atoms with Crippen molar-refractivity contribution in [3.8, 4) is 0 Å². The minimum absolute atomic E-state index is 0. The van der Waals surface area contributed by atoms with Crippen molar-refractivity contribution >= 4 is 17.7 Å². The third-order valence-electron chi connectivity index (χ3n) is 3.97. The highest BCUT2D eigenvalue weighted by molar-refractivity contribution is 6.35. The molecule has 1 unspecified atom stereocenters. The minimum Gasteiger partial charge on any atom is -1.00 e. The Kier molecular flexibility index (Phi) is 7.67. The second kappa shape index (κ2) is 9.24. The summed E-state index contributed by atoms with van der Waals surface area (Å²) in [5.41, 5.74) is 3.00. The molecule has 1 saturated heterocycles. The van der Waals surface area contributed by atoms with Gasteiger partial charge >= 0.3 is 11.8 Å². The van der Waals surface area contributed by atoms with Crippen molar-refractivity contribution in [2.45, 2.75) is 25.8 Å². The fraction of sp³-hybridized carbons (Fsp3) is 0.438. The zero-order chi connectivity index (χ0) is 16.8. The van der Waals surface area contributed by atoms with Crippen molar-refractivity contribution in [2.75, 3.05) is 19.6 Å². The Balaban J connectivity index is 0.00000288. The minimum atomic E-state index is -0.835. The fourth-order valence-electron chi connectivity index (χ4n) is 2.70. The molecule has 0 spiro atoms. The monoisotopic (exact) mass is 354 g/mol. The highest BCUT2D eigenvalue weighted by Crippen LogP contribution is 2.23. The van der Waals surface area contributed by atoms with Gasteiger partial charge in [0.15, 0.2) is 0 Å². The van der Waals surface area contributed by atoms with Gasteiger partial charge in [0.05, 0.1) is 0 Å². The van der Waals surface area contributed by atoms with E-state index in [1.54, 1.807) is 29.2 Å². The largest absolute Gasteiger partial charge is 1.00 e. The third-order valence-corrected chi connectivity index (χ3v) is 3.97. The van der Waals surface area contributed by atoms with Crippen LogP contribution >= 0.6 is 0 Å². The van der Waals surface area contributed by atoms with Gasteiger partial charge in [-0.05, 0) is 12.0 Å². The number of amides is 3. The molecule has 1 fully saturated rings. The van der Waals surface area contributed by atoms with E-state index in [0.717, 1.165) is 12.8 Å². The van der Waals surface area contributed by atoms with Gasteiger partial charge in [-0.25, -0.2) is 5.43 Å². The second-order valence-corrected chi connectivity index (χ2v) is 5.50. The lowest BCUT2D eigenvalue weighted by Crippen LogP contribution is -3.00. The lowest BCUT2D eigenvalue weighted by molar-refractivity contribution is -0.428. The summed E-state index contributed by atoms with van der Waals surface area (Å²) in [6, 6.07) is 8.12. The van der Waals surface area contributed by atoms with Gasteiger partial charge in [-0.3, -0.25) is 20.2 Å². The van der Waals surface area contributed by atoms with Gasteiger partial charge in [0.2, 0.25) is 0 Å². The number of piperazine rings is 1. The molecule has 3 amide bonds. The number of carbonyl (C=O) groups is 3. The highest BCUT2D eigenvalue weighted by atomic mass is 35.5. The average molecular weight is 355 g/mol. The molecule has 7 nitrogen and oxygen atoms in total. The zero-order valence-electron chi connectivity index (χ0n) is 13.7. The first-order valence-electron chi connectivity index (χ1n) is 7.82. The van der Waals surface area contributed by atoms with E-state index in [1.165, 1.54) is 4.90 Å². The van der Waals surface area contributed by atoms with Gasteiger partial charge in [-0.2, -0.15) is 0 Å². The van der Waals surface area contributed by atoms with E-state index in [9.17, 15) is 14.4 Å². The Bertz CT molecular complexity index is 582. The van der Waals surface area contributed by atoms with Crippen LogP contribution in [0, 0.1) is 0 Å². The number of quaternary nitrogens is 1. The molecule has 1 aliphatic rings. The van der Waals surface area contributed by atoms with Crippen molar-refractivity contribution in [1.29, 1.82) is 0 Å². The molecule has 0 aliphatic carbocycles. The van der Waals surface area contributed by atoms with Crippen LogP contribution in [0.15, 0.2) is 30.3 Å². The van der Waals surface area contributed by atoms with Crippen LogP contribution in [0.1, 0.15) is 31.4 Å². The van der Waals surface area contributed by atoms with E-state index < -0.39 is 23.8 Å². The molecule has 0 saturated carbocycles. The molecular formula is C16H23ClN4O3. The second-order valence-electron chi connectivity index (χ2n) is 5.50. The van der Waals surface area contributed by atoms with Crippen LogP contribution in [0.4, 0.5) is 0 Å². The van der Waals surface area contributed by atoms with Gasteiger partial charge < -0.3 is 22.2 Å². The Morgan fingerprint density at radius 1 is 1.21 bits per heavy atom. The number of halogens is 1. The lowest BCUT2D eigenvalue weighted by atomic mass is 10.0. The summed E-state index contributed by atoms with van der Waals surface area (Å²) < 4.78 is 0. The maximum Gasteiger partial charge on any atom is 0.313 e. The molecule has 0 bridgehead atoms. The SMILES string of the molecule is CCCCN1CCN(C(C(=O)N[NH3+])c2ccccc2)C(=O)C1=O.[Cl-]. The number of carbonyl (C=O) groups excluding carboxylic acids is 3. The van der Waals surface area contributed by atoms with Gasteiger partial charge in [-0.15, -0.1) is 0 Å². The fourth-order valence-corrected chi connectivity index (χ4v) is 2.70. The molecule has 2 rings (SSSR count). The summed E-state index contributed by atoms with van der Waals surface area (Å²) in [4.78, 5) is 39.9. The molecular weight excluding hydrogens is 332 g/mol. The van der Waals surface area contributed by atoms with E-state index in [4.69, 9.17) is 0 Å². The molecule has 0 aromatic heterocycles. The lowest BCUT2D eigenvalue weighted by Gasteiger charge is -2.37. The van der Waals surface area contributed by atoms with Gasteiger partial charge in [0, 0.05) is 19.6 Å². The van der Waals surface area contributed by atoms with Crippen molar-refractivity contribution in [1.82, 2.24) is 15.2 Å². The predicted molar refractivity (Wildman–Crippen MR) is 83.4 cm³/mol. The maximum absolute atomic E-state index is 12.5. The molecule has 8 heteroatoms. The average Bonchev–Trinajstić information content (AvgIpc) is 2.59. The van der Waals surface area contributed by atoms with Crippen LogP contribution < -0.4 is 23.7 Å². The van der Waals surface area contributed by atoms with Crippen LogP contribution in [-0.2, 0) is 14.4 Å². The smallest absolute Gasteiger partial charge is 0.313 e. The van der Waals surface area contributed by atoms with Crippen molar-refractivity contribution < 1.29 is 32.6 Å². The molecule has 1 aromatic rings. The summed E-state index contributed by atoms with van der Waals surface area (Å²) in [7, 11) is 0. The normalized spacial score (nSPS) is 15.8. The van der Waals surface area contributed by atoms with E-state index in [2.05, 4.69) is 11.3 Å². The van der Waals surface area contributed by atoms with Crippen LogP contribution in [0.25, 0.3) is 0 Å². The van der Waals surface area contributed by atoms with Crippen molar-refractivity contribution in [2.24, 2.45) is 0 Å². The molecule has 1 aliphatic heterocycles. The highest BCUT2D eigenvalue weighted by Gasteiger charge is 2.39. The zero-order valence-corrected chi connectivity index (χ0v) is 14.5. The van der Waals surface area contributed by atoms with E-state index in [1.807, 2.05) is 13.0 Å². The van der Waals surface area contributed by atoms with Crippen LogP contribution in [-0.4, -0.2) is 47.2 Å². The number of benzene rings is 1. The summed E-state index contributed by atoms with van der Waals surface area (Å²) >= 11 is 0. The van der Waals surface area contributed by atoms with Crippen LogP contribution in [0.3, 0.4) is 0 Å². The molecule has 1 atom stereocenters.